The lowest BCUT2D eigenvalue weighted by atomic mass is 9.98. The van der Waals surface area contributed by atoms with Crippen molar-refractivity contribution in [2.75, 3.05) is 18.6 Å². The van der Waals surface area contributed by atoms with Gasteiger partial charge in [-0.25, -0.2) is 4.79 Å². The van der Waals surface area contributed by atoms with Gasteiger partial charge in [0.05, 0.1) is 6.04 Å². The Kier molecular flexibility index (Phi) is 16.7. The molecule has 0 aromatic carbocycles. The van der Waals surface area contributed by atoms with E-state index in [0.717, 1.165) is 6.42 Å². The zero-order chi connectivity index (χ0) is 27.0. The second kappa shape index (κ2) is 18.0. The zero-order valence-electron chi connectivity index (χ0n) is 20.9. The van der Waals surface area contributed by atoms with E-state index in [1.54, 1.807) is 13.8 Å². The molecule has 0 aromatic heterocycles. The number of rotatable bonds is 19. The van der Waals surface area contributed by atoms with Crippen molar-refractivity contribution in [3.63, 3.8) is 0 Å². The molecule has 4 amide bonds. The smallest absolute Gasteiger partial charge is 0.326 e. The molecule has 5 atom stereocenters. The average Bonchev–Trinajstić information content (AvgIpc) is 2.81. The quantitative estimate of drug-likeness (QED) is 0.105. The first-order valence-electron chi connectivity index (χ1n) is 11.8. The van der Waals surface area contributed by atoms with Crippen LogP contribution in [0.3, 0.4) is 0 Å². The molecule has 10 N–H and O–H groups in total. The van der Waals surface area contributed by atoms with Crippen molar-refractivity contribution in [1.29, 1.82) is 0 Å². The van der Waals surface area contributed by atoms with E-state index in [2.05, 4.69) is 16.0 Å². The van der Waals surface area contributed by atoms with Gasteiger partial charge in [0, 0.05) is 6.42 Å². The van der Waals surface area contributed by atoms with Crippen molar-refractivity contribution < 1.29 is 29.1 Å². The minimum Gasteiger partial charge on any atom is -0.480 e. The van der Waals surface area contributed by atoms with E-state index in [-0.39, 0.29) is 25.2 Å². The molecule has 0 aliphatic rings. The van der Waals surface area contributed by atoms with Crippen molar-refractivity contribution in [1.82, 2.24) is 16.0 Å². The highest BCUT2D eigenvalue weighted by Crippen LogP contribution is 2.10. The first-order chi connectivity index (χ1) is 16.5. The fourth-order valence-corrected chi connectivity index (χ4v) is 3.66. The number of nitrogens with one attached hydrogen (secondary N) is 3. The summed E-state index contributed by atoms with van der Waals surface area (Å²) < 4.78 is 0. The van der Waals surface area contributed by atoms with Gasteiger partial charge in [-0.15, -0.1) is 0 Å². The molecule has 13 heteroatoms. The first kappa shape index (κ1) is 32.6. The Balaban J connectivity index is 5.50. The van der Waals surface area contributed by atoms with Crippen LogP contribution >= 0.6 is 11.8 Å². The molecule has 0 spiro atoms. The lowest BCUT2D eigenvalue weighted by Gasteiger charge is -2.26. The van der Waals surface area contributed by atoms with Gasteiger partial charge in [-0.3, -0.25) is 19.2 Å². The molecule has 0 saturated heterocycles. The van der Waals surface area contributed by atoms with Crippen molar-refractivity contribution in [2.45, 2.75) is 83.0 Å². The Morgan fingerprint density at radius 2 is 1.49 bits per heavy atom. The van der Waals surface area contributed by atoms with Gasteiger partial charge < -0.3 is 38.3 Å². The molecule has 0 rings (SSSR count). The zero-order valence-corrected chi connectivity index (χ0v) is 21.7. The number of hydrogen-bond acceptors (Lipinski definition) is 8. The largest absolute Gasteiger partial charge is 0.480 e. The third-order valence-electron chi connectivity index (χ3n) is 5.64. The summed E-state index contributed by atoms with van der Waals surface area (Å²) >= 11 is 1.47. The van der Waals surface area contributed by atoms with E-state index in [4.69, 9.17) is 17.2 Å². The second-order valence-corrected chi connectivity index (χ2v) is 9.50. The van der Waals surface area contributed by atoms with Gasteiger partial charge in [-0.2, -0.15) is 11.8 Å². The molecule has 5 unspecified atom stereocenters. The van der Waals surface area contributed by atoms with Crippen LogP contribution in [-0.2, 0) is 24.0 Å². The number of hydrogen-bond donors (Lipinski definition) is 7. The number of carbonyl (C=O) groups excluding carboxylic acids is 4. The maximum Gasteiger partial charge on any atom is 0.326 e. The van der Waals surface area contributed by atoms with E-state index < -0.39 is 53.8 Å². The number of carboxylic acid groups (broad SMARTS) is 1. The molecule has 0 aliphatic heterocycles. The maximum atomic E-state index is 13.0. The summed E-state index contributed by atoms with van der Waals surface area (Å²) in [6, 6.07) is -4.16. The minimum absolute atomic E-state index is 0.123. The topological polar surface area (TPSA) is 220 Å². The van der Waals surface area contributed by atoms with Crippen LogP contribution in [0.2, 0.25) is 0 Å². The molecule has 0 fully saturated rings. The molecular weight excluding hydrogens is 476 g/mol. The lowest BCUT2D eigenvalue weighted by molar-refractivity contribution is -0.144. The van der Waals surface area contributed by atoms with Crippen LogP contribution in [-0.4, -0.2) is 77.4 Å². The number of unbranched alkanes of at least 4 members (excludes halogenated alkanes) is 1. The van der Waals surface area contributed by atoms with Crippen LogP contribution < -0.4 is 33.2 Å². The van der Waals surface area contributed by atoms with Gasteiger partial charge in [0.15, 0.2) is 0 Å². The summed E-state index contributed by atoms with van der Waals surface area (Å²) in [4.78, 5) is 61.3. The molecule has 0 aromatic rings. The predicted octanol–water partition coefficient (Wildman–Crippen LogP) is -0.954. The van der Waals surface area contributed by atoms with E-state index >= 15 is 0 Å². The van der Waals surface area contributed by atoms with Crippen LogP contribution in [0.15, 0.2) is 0 Å². The first-order valence-corrected chi connectivity index (χ1v) is 13.2. The molecule has 0 heterocycles. The van der Waals surface area contributed by atoms with E-state index in [1.807, 2.05) is 6.26 Å². The molecule has 12 nitrogen and oxygen atoms in total. The Bertz CT molecular complexity index is 710. The maximum absolute atomic E-state index is 13.0. The molecule has 0 saturated carbocycles. The van der Waals surface area contributed by atoms with Gasteiger partial charge in [0.25, 0.3) is 0 Å². The molecule has 0 bridgehead atoms. The second-order valence-electron chi connectivity index (χ2n) is 8.51. The molecule has 202 valence electrons. The normalized spacial score (nSPS) is 15.2. The number of primary amides is 1. The Morgan fingerprint density at radius 1 is 0.914 bits per heavy atom. The average molecular weight is 519 g/mol. The van der Waals surface area contributed by atoms with Gasteiger partial charge in [0.1, 0.15) is 18.1 Å². The van der Waals surface area contributed by atoms with Gasteiger partial charge >= 0.3 is 5.97 Å². The van der Waals surface area contributed by atoms with Gasteiger partial charge in [-0.1, -0.05) is 26.7 Å². The summed E-state index contributed by atoms with van der Waals surface area (Å²) in [5.74, 6) is -3.58. The van der Waals surface area contributed by atoms with Crippen molar-refractivity contribution in [3.8, 4) is 0 Å². The lowest BCUT2D eigenvalue weighted by Crippen LogP contribution is -2.58. The number of aliphatic carboxylic acids is 1. The monoisotopic (exact) mass is 518 g/mol. The van der Waals surface area contributed by atoms with Crippen LogP contribution in [0.5, 0.6) is 0 Å². The SMILES string of the molecule is CCC(C)C(NC(=O)C(CCC(N)=O)NC(=O)C(CCSC)NC(=O)C(N)CCCCN)C(=O)O. The fourth-order valence-electron chi connectivity index (χ4n) is 3.19. The highest BCUT2D eigenvalue weighted by Gasteiger charge is 2.32. The molecule has 0 aliphatic carbocycles. The summed E-state index contributed by atoms with van der Waals surface area (Å²) in [7, 11) is 0. The number of nitrogens with two attached hydrogens (primary N) is 3. The number of amides is 4. The molecular formula is C22H42N6O6S. The van der Waals surface area contributed by atoms with Crippen LogP contribution in [0.1, 0.15) is 58.8 Å². The highest BCUT2D eigenvalue weighted by atomic mass is 32.2. The number of carbonyl (C=O) groups is 5. The Hall–Kier alpha value is -2.38. The standard InChI is InChI=1S/C22H42N6O6S/c1-4-13(2)18(22(33)34)28-21(32)15(8-9-17(25)29)27-20(31)16(10-12-35-3)26-19(30)14(24)7-5-6-11-23/h13-16,18H,4-12,23-24H2,1-3H3,(H2,25,29)(H,26,30)(H,27,31)(H,28,32)(H,33,34). The van der Waals surface area contributed by atoms with Crippen LogP contribution in [0.4, 0.5) is 0 Å². The van der Waals surface area contributed by atoms with E-state index in [1.165, 1.54) is 11.8 Å². The Morgan fingerprint density at radius 3 is 2.00 bits per heavy atom. The van der Waals surface area contributed by atoms with Crippen LogP contribution in [0.25, 0.3) is 0 Å². The summed E-state index contributed by atoms with van der Waals surface area (Å²) in [5, 5.41) is 17.1. The number of carboxylic acids is 1. The molecule has 35 heavy (non-hydrogen) atoms. The van der Waals surface area contributed by atoms with Crippen molar-refractivity contribution in [2.24, 2.45) is 23.1 Å². The van der Waals surface area contributed by atoms with E-state index in [9.17, 15) is 29.1 Å². The highest BCUT2D eigenvalue weighted by molar-refractivity contribution is 7.98. The third-order valence-corrected chi connectivity index (χ3v) is 6.28. The summed E-state index contributed by atoms with van der Waals surface area (Å²) in [6.07, 6.45) is 4.11. The minimum atomic E-state index is -1.21. The summed E-state index contributed by atoms with van der Waals surface area (Å²) in [6.45, 7) is 3.96. The predicted molar refractivity (Wildman–Crippen MR) is 135 cm³/mol. The van der Waals surface area contributed by atoms with Crippen LogP contribution in [0, 0.1) is 5.92 Å². The van der Waals surface area contributed by atoms with Gasteiger partial charge in [-0.05, 0) is 50.2 Å². The summed E-state index contributed by atoms with van der Waals surface area (Å²) in [5.41, 5.74) is 16.6. The van der Waals surface area contributed by atoms with Crippen molar-refractivity contribution in [3.05, 3.63) is 0 Å². The Labute approximate surface area is 211 Å². The van der Waals surface area contributed by atoms with E-state index in [0.29, 0.717) is 31.6 Å². The fraction of sp³-hybridized carbons (Fsp3) is 0.773. The molecule has 0 radical (unpaired) electrons. The van der Waals surface area contributed by atoms with Crippen molar-refractivity contribution >= 4 is 41.4 Å². The van der Waals surface area contributed by atoms with Gasteiger partial charge in [0.2, 0.25) is 23.6 Å². The number of thioether (sulfide) groups is 1. The third kappa shape index (κ3) is 13.3.